The topological polar surface area (TPSA) is 39.5 Å². The number of nitrogens with zero attached hydrogens (tertiary/aromatic N) is 3. The third-order valence-corrected chi connectivity index (χ3v) is 5.60. The quantitative estimate of drug-likeness (QED) is 0.838. The fourth-order valence-corrected chi connectivity index (χ4v) is 4.08. The van der Waals surface area contributed by atoms with Crippen LogP contribution in [0.2, 0.25) is 0 Å². The Kier molecular flexibility index (Phi) is 4.88. The number of aryl methyl sites for hydroxylation is 1. The summed E-state index contributed by atoms with van der Waals surface area (Å²) in [5, 5.41) is 4.28. The Morgan fingerprint density at radius 3 is 2.84 bits per heavy atom. The highest BCUT2D eigenvalue weighted by molar-refractivity contribution is 5.13. The van der Waals surface area contributed by atoms with E-state index < -0.39 is 0 Å². The third-order valence-electron chi connectivity index (χ3n) is 5.60. The zero-order valence-corrected chi connectivity index (χ0v) is 14.9. The average molecular weight is 341 g/mol. The van der Waals surface area contributed by atoms with Crippen molar-refractivity contribution in [2.75, 3.05) is 19.7 Å². The largest absolute Gasteiger partial charge is 0.372 e. The van der Waals surface area contributed by atoms with Gasteiger partial charge in [0.15, 0.2) is 0 Å². The number of likely N-dealkylation sites (tertiary alicyclic amines) is 1. The number of aromatic nitrogens is 2. The summed E-state index contributed by atoms with van der Waals surface area (Å²) in [5.74, 6) is 0. The molecule has 4 rings (SSSR count). The maximum atomic E-state index is 6.40. The standard InChI is InChI=1S/C20H27N3O2/c1-22-18(8-11-21-22)14-23-12-10-20(9-5-13-25-20)19(15-23)24-16-17-6-3-2-4-7-17/h2-4,6-8,11,19H,5,9-10,12-16H2,1H3/t19-,20-/m0/s1. The van der Waals surface area contributed by atoms with Crippen LogP contribution in [0.3, 0.4) is 0 Å². The average Bonchev–Trinajstić information content (AvgIpc) is 3.27. The van der Waals surface area contributed by atoms with Crippen LogP contribution in [0.1, 0.15) is 30.5 Å². The van der Waals surface area contributed by atoms with Crippen molar-refractivity contribution in [1.29, 1.82) is 0 Å². The summed E-state index contributed by atoms with van der Waals surface area (Å²) in [6.07, 6.45) is 5.30. The third kappa shape index (κ3) is 3.64. The molecule has 134 valence electrons. The highest BCUT2D eigenvalue weighted by Gasteiger charge is 2.47. The van der Waals surface area contributed by atoms with Crippen LogP contribution in [-0.4, -0.2) is 46.1 Å². The Morgan fingerprint density at radius 1 is 1.24 bits per heavy atom. The monoisotopic (exact) mass is 341 g/mol. The molecular formula is C20H27N3O2. The van der Waals surface area contributed by atoms with Crippen LogP contribution in [-0.2, 0) is 29.7 Å². The van der Waals surface area contributed by atoms with Gasteiger partial charge in [-0.1, -0.05) is 30.3 Å². The van der Waals surface area contributed by atoms with Crippen LogP contribution < -0.4 is 0 Å². The van der Waals surface area contributed by atoms with Crippen molar-refractivity contribution < 1.29 is 9.47 Å². The van der Waals surface area contributed by atoms with Gasteiger partial charge >= 0.3 is 0 Å². The van der Waals surface area contributed by atoms with Crippen LogP contribution in [0.4, 0.5) is 0 Å². The molecule has 2 aliphatic rings. The van der Waals surface area contributed by atoms with Gasteiger partial charge in [-0.25, -0.2) is 0 Å². The van der Waals surface area contributed by atoms with E-state index in [9.17, 15) is 0 Å². The van der Waals surface area contributed by atoms with Gasteiger partial charge in [0.2, 0.25) is 0 Å². The SMILES string of the molecule is Cn1nccc1CN1CC[C@@]2(CCCO2)[C@@H](OCc2ccccc2)C1. The van der Waals surface area contributed by atoms with E-state index >= 15 is 0 Å². The van der Waals surface area contributed by atoms with Gasteiger partial charge in [0.1, 0.15) is 0 Å². The van der Waals surface area contributed by atoms with E-state index in [-0.39, 0.29) is 11.7 Å². The fourth-order valence-electron chi connectivity index (χ4n) is 4.08. The van der Waals surface area contributed by atoms with Crippen LogP contribution in [0, 0.1) is 0 Å². The molecule has 5 nitrogen and oxygen atoms in total. The van der Waals surface area contributed by atoms with Gasteiger partial charge in [-0.15, -0.1) is 0 Å². The minimum Gasteiger partial charge on any atom is -0.372 e. The molecule has 1 aromatic carbocycles. The van der Waals surface area contributed by atoms with Crippen molar-refractivity contribution >= 4 is 0 Å². The Bertz CT molecular complexity index is 679. The second-order valence-electron chi connectivity index (χ2n) is 7.23. The first-order valence-corrected chi connectivity index (χ1v) is 9.24. The van der Waals surface area contributed by atoms with E-state index in [0.717, 1.165) is 45.5 Å². The molecule has 2 aliphatic heterocycles. The minimum atomic E-state index is -0.0856. The van der Waals surface area contributed by atoms with Gasteiger partial charge in [-0.2, -0.15) is 5.10 Å². The molecule has 2 fully saturated rings. The Hall–Kier alpha value is -1.69. The molecule has 5 heteroatoms. The first-order valence-electron chi connectivity index (χ1n) is 9.24. The van der Waals surface area contributed by atoms with E-state index in [1.807, 2.05) is 24.0 Å². The molecular weight excluding hydrogens is 314 g/mol. The van der Waals surface area contributed by atoms with Crippen molar-refractivity contribution in [3.63, 3.8) is 0 Å². The minimum absolute atomic E-state index is 0.0856. The zero-order chi connectivity index (χ0) is 17.1. The second-order valence-corrected chi connectivity index (χ2v) is 7.23. The van der Waals surface area contributed by atoms with Crippen molar-refractivity contribution in [3.05, 3.63) is 53.9 Å². The fraction of sp³-hybridized carbons (Fsp3) is 0.550. The van der Waals surface area contributed by atoms with Crippen molar-refractivity contribution in [3.8, 4) is 0 Å². The van der Waals surface area contributed by atoms with Gasteiger partial charge in [-0.05, 0) is 30.9 Å². The summed E-state index contributed by atoms with van der Waals surface area (Å²) < 4.78 is 14.6. The maximum absolute atomic E-state index is 6.40. The summed E-state index contributed by atoms with van der Waals surface area (Å²) in [6.45, 7) is 4.40. The molecule has 2 aromatic rings. The number of benzene rings is 1. The predicted octanol–water partition coefficient (Wildman–Crippen LogP) is 2.76. The van der Waals surface area contributed by atoms with Gasteiger partial charge in [0, 0.05) is 39.5 Å². The summed E-state index contributed by atoms with van der Waals surface area (Å²) >= 11 is 0. The number of rotatable bonds is 5. The van der Waals surface area contributed by atoms with Crippen LogP contribution in [0.5, 0.6) is 0 Å². The zero-order valence-electron chi connectivity index (χ0n) is 14.9. The first-order chi connectivity index (χ1) is 12.3. The molecule has 0 radical (unpaired) electrons. The van der Waals surface area contributed by atoms with Crippen LogP contribution in [0.25, 0.3) is 0 Å². The highest BCUT2D eigenvalue weighted by atomic mass is 16.6. The lowest BCUT2D eigenvalue weighted by Crippen LogP contribution is -2.56. The number of piperidine rings is 1. The van der Waals surface area contributed by atoms with Crippen LogP contribution >= 0.6 is 0 Å². The maximum Gasteiger partial charge on any atom is 0.0996 e. The Labute approximate surface area is 149 Å². The summed E-state index contributed by atoms with van der Waals surface area (Å²) in [5.41, 5.74) is 2.38. The van der Waals surface area contributed by atoms with E-state index in [2.05, 4.69) is 40.3 Å². The van der Waals surface area contributed by atoms with E-state index in [4.69, 9.17) is 9.47 Å². The van der Waals surface area contributed by atoms with Gasteiger partial charge in [-0.3, -0.25) is 9.58 Å². The Balaban J connectivity index is 1.44. The predicted molar refractivity (Wildman–Crippen MR) is 96.0 cm³/mol. The Morgan fingerprint density at radius 2 is 2.12 bits per heavy atom. The van der Waals surface area contributed by atoms with E-state index in [1.165, 1.54) is 11.3 Å². The molecule has 0 aliphatic carbocycles. The van der Waals surface area contributed by atoms with Crippen LogP contribution in [0.15, 0.2) is 42.6 Å². The summed E-state index contributed by atoms with van der Waals surface area (Å²) in [7, 11) is 2.00. The second kappa shape index (κ2) is 7.28. The molecule has 1 spiro atoms. The molecule has 0 saturated carbocycles. The van der Waals surface area contributed by atoms with Crippen molar-refractivity contribution in [2.24, 2.45) is 7.05 Å². The summed E-state index contributed by atoms with van der Waals surface area (Å²) in [4.78, 5) is 2.47. The normalized spacial score (nSPS) is 27.2. The number of hydrogen-bond acceptors (Lipinski definition) is 4. The molecule has 1 aromatic heterocycles. The molecule has 0 unspecified atom stereocenters. The first kappa shape index (κ1) is 16.8. The lowest BCUT2D eigenvalue weighted by Gasteiger charge is -2.44. The van der Waals surface area contributed by atoms with Gasteiger partial charge in [0.25, 0.3) is 0 Å². The molecule has 0 N–H and O–H groups in total. The summed E-state index contributed by atoms with van der Waals surface area (Å²) in [6, 6.07) is 12.5. The lowest BCUT2D eigenvalue weighted by molar-refractivity contribution is -0.159. The van der Waals surface area contributed by atoms with Gasteiger partial charge < -0.3 is 9.47 Å². The van der Waals surface area contributed by atoms with E-state index in [1.54, 1.807) is 0 Å². The highest BCUT2D eigenvalue weighted by Crippen LogP contribution is 2.38. The molecule has 0 bridgehead atoms. The molecule has 3 heterocycles. The number of hydrogen-bond donors (Lipinski definition) is 0. The van der Waals surface area contributed by atoms with Crippen molar-refractivity contribution in [1.82, 2.24) is 14.7 Å². The molecule has 25 heavy (non-hydrogen) atoms. The lowest BCUT2D eigenvalue weighted by atomic mass is 9.85. The smallest absolute Gasteiger partial charge is 0.0996 e. The molecule has 2 saturated heterocycles. The van der Waals surface area contributed by atoms with E-state index in [0.29, 0.717) is 6.61 Å². The molecule has 0 amide bonds. The number of ether oxygens (including phenoxy) is 2. The van der Waals surface area contributed by atoms with Crippen molar-refractivity contribution in [2.45, 2.75) is 44.1 Å². The molecule has 2 atom stereocenters. The van der Waals surface area contributed by atoms with Gasteiger partial charge in [0.05, 0.1) is 24.0 Å².